The van der Waals surface area contributed by atoms with Gasteiger partial charge in [-0.3, -0.25) is 14.2 Å². The first-order chi connectivity index (χ1) is 13.3. The van der Waals surface area contributed by atoms with Crippen molar-refractivity contribution in [1.29, 1.82) is 0 Å². The molecule has 1 aromatic heterocycles. The molecular weight excluding hydrogens is 468 g/mol. The lowest BCUT2D eigenvalue weighted by atomic mass is 10.2. The van der Waals surface area contributed by atoms with Gasteiger partial charge in [0.1, 0.15) is 11.5 Å². The molecule has 1 heterocycles. The summed E-state index contributed by atoms with van der Waals surface area (Å²) >= 11 is 2.93. The highest BCUT2D eigenvalue weighted by Gasteiger charge is 2.35. The molecule has 1 unspecified atom stereocenters. The van der Waals surface area contributed by atoms with E-state index in [4.69, 9.17) is 4.74 Å². The molecule has 1 atom stereocenters. The number of halogens is 5. The Morgan fingerprint density at radius 1 is 1.17 bits per heavy atom. The fraction of sp³-hybridized carbons (Fsp3) is 0.294. The molecule has 0 amide bonds. The number of hydrogen-bond acceptors (Lipinski definition) is 5. The van der Waals surface area contributed by atoms with Crippen molar-refractivity contribution in [2.45, 2.75) is 26.1 Å². The van der Waals surface area contributed by atoms with Crippen LogP contribution in [-0.4, -0.2) is 27.0 Å². The second-order valence-electron chi connectivity index (χ2n) is 5.98. The van der Waals surface area contributed by atoms with E-state index in [9.17, 15) is 36.7 Å². The van der Waals surface area contributed by atoms with Crippen LogP contribution in [0.25, 0.3) is 5.69 Å². The second-order valence-corrected chi connectivity index (χ2v) is 6.84. The molecule has 0 N–H and O–H groups in total. The largest absolute Gasteiger partial charge is 0.451 e. The number of alkyl halides is 3. The fourth-order valence-corrected chi connectivity index (χ4v) is 2.77. The summed E-state index contributed by atoms with van der Waals surface area (Å²) in [5.41, 5.74) is -5.53. The monoisotopic (exact) mass is 480 g/mol. The third-order valence-electron chi connectivity index (χ3n) is 3.96. The Balaban J connectivity index is 2.70. The molecule has 2 aromatic rings. The molecule has 0 aliphatic heterocycles. The van der Waals surface area contributed by atoms with Gasteiger partial charge in [-0.05, 0) is 41.9 Å². The van der Waals surface area contributed by atoms with Crippen LogP contribution in [0.4, 0.5) is 17.6 Å². The average Bonchev–Trinajstić information content (AvgIpc) is 2.58. The lowest BCUT2D eigenvalue weighted by molar-refractivity contribution is -0.144. The highest BCUT2D eigenvalue weighted by molar-refractivity contribution is 9.10. The number of nitrogens with zero attached hydrogens (tertiary/aromatic N) is 2. The maximum Gasteiger partial charge on any atom is 0.431 e. The lowest BCUT2D eigenvalue weighted by Gasteiger charge is -2.16. The van der Waals surface area contributed by atoms with Gasteiger partial charge in [0.25, 0.3) is 5.56 Å². The molecule has 0 saturated carbocycles. The van der Waals surface area contributed by atoms with Crippen molar-refractivity contribution in [3.8, 4) is 5.69 Å². The Labute approximate surface area is 168 Å². The third kappa shape index (κ3) is 4.47. The van der Waals surface area contributed by atoms with E-state index in [1.54, 1.807) is 0 Å². The van der Waals surface area contributed by atoms with Crippen LogP contribution in [0, 0.1) is 5.82 Å². The van der Waals surface area contributed by atoms with Crippen molar-refractivity contribution in [3.63, 3.8) is 0 Å². The molecule has 29 heavy (non-hydrogen) atoms. The molecular formula is C17H13BrF4N2O5. The summed E-state index contributed by atoms with van der Waals surface area (Å²) in [7, 11) is 0.765. The van der Waals surface area contributed by atoms with Gasteiger partial charge in [0, 0.05) is 17.6 Å². The van der Waals surface area contributed by atoms with Crippen LogP contribution in [-0.2, 0) is 22.8 Å². The summed E-state index contributed by atoms with van der Waals surface area (Å²) < 4.78 is 58.4. The van der Waals surface area contributed by atoms with Crippen LogP contribution in [0.15, 0.2) is 32.3 Å². The topological polar surface area (TPSA) is 87.4 Å². The van der Waals surface area contributed by atoms with Gasteiger partial charge in [-0.2, -0.15) is 13.2 Å². The van der Waals surface area contributed by atoms with Crippen molar-refractivity contribution >= 4 is 27.7 Å². The number of benzene rings is 1. The van der Waals surface area contributed by atoms with E-state index in [0.29, 0.717) is 0 Å². The number of Topliss-reactive ketones (excluding diaryl/α,β-unsaturated/α-hetero) is 1. The van der Waals surface area contributed by atoms with Crippen LogP contribution in [0.1, 0.15) is 29.9 Å². The molecule has 0 bridgehead atoms. The lowest BCUT2D eigenvalue weighted by Crippen LogP contribution is -2.41. The van der Waals surface area contributed by atoms with Gasteiger partial charge in [0.05, 0.1) is 11.3 Å². The number of aromatic nitrogens is 2. The molecule has 0 aliphatic rings. The van der Waals surface area contributed by atoms with Gasteiger partial charge in [-0.1, -0.05) is 0 Å². The van der Waals surface area contributed by atoms with E-state index >= 15 is 0 Å². The number of carbonyl (C=O) groups is 2. The van der Waals surface area contributed by atoms with Crippen molar-refractivity contribution in [2.24, 2.45) is 7.05 Å². The van der Waals surface area contributed by atoms with E-state index in [2.05, 4.69) is 15.9 Å². The van der Waals surface area contributed by atoms with Crippen molar-refractivity contribution in [3.05, 3.63) is 60.6 Å². The van der Waals surface area contributed by atoms with Gasteiger partial charge < -0.3 is 4.74 Å². The summed E-state index contributed by atoms with van der Waals surface area (Å²) in [6, 6.07) is 1.65. The van der Waals surface area contributed by atoms with Gasteiger partial charge in [0.2, 0.25) is 0 Å². The smallest absolute Gasteiger partial charge is 0.431 e. The van der Waals surface area contributed by atoms with Crippen molar-refractivity contribution < 1.29 is 31.9 Å². The minimum Gasteiger partial charge on any atom is -0.451 e. The third-order valence-corrected chi connectivity index (χ3v) is 4.62. The predicted octanol–water partition coefficient (Wildman–Crippen LogP) is 2.59. The molecule has 12 heteroatoms. The SMILES string of the molecule is CC(=O)C(C)OC(=O)c1cc(-n2c(=O)cc(C(F)(F)F)n(C)c2=O)c(F)cc1Br. The maximum absolute atomic E-state index is 14.4. The van der Waals surface area contributed by atoms with Gasteiger partial charge in [0.15, 0.2) is 11.9 Å². The molecule has 0 fully saturated rings. The first-order valence-electron chi connectivity index (χ1n) is 7.86. The normalized spacial score (nSPS) is 12.6. The molecule has 0 spiro atoms. The second kappa shape index (κ2) is 7.93. The first kappa shape index (κ1) is 22.5. The Bertz CT molecular complexity index is 1120. The number of ether oxygens (including phenoxy) is 1. The van der Waals surface area contributed by atoms with E-state index in [1.165, 1.54) is 13.8 Å². The zero-order chi connectivity index (χ0) is 22.3. The van der Waals surface area contributed by atoms with Crippen LogP contribution in [0.5, 0.6) is 0 Å². The fourth-order valence-electron chi connectivity index (χ4n) is 2.29. The van der Waals surface area contributed by atoms with Crippen molar-refractivity contribution in [2.75, 3.05) is 0 Å². The van der Waals surface area contributed by atoms with Crippen LogP contribution in [0.2, 0.25) is 0 Å². The average molecular weight is 481 g/mol. The molecule has 0 radical (unpaired) electrons. The minimum absolute atomic E-state index is 0.115. The molecule has 0 saturated heterocycles. The summed E-state index contributed by atoms with van der Waals surface area (Å²) in [5.74, 6) is -2.70. The Kier molecular flexibility index (Phi) is 6.16. The molecule has 156 valence electrons. The highest BCUT2D eigenvalue weighted by atomic mass is 79.9. The standard InChI is InChI=1S/C17H13BrF4N2O5/c1-7(25)8(2)29-15(27)9-4-12(11(19)5-10(9)18)24-14(26)6-13(17(20,21)22)23(3)16(24)28/h4-6,8H,1-3H3. The first-order valence-corrected chi connectivity index (χ1v) is 8.66. The Morgan fingerprint density at radius 2 is 1.76 bits per heavy atom. The van der Waals surface area contributed by atoms with E-state index in [-0.39, 0.29) is 25.2 Å². The molecule has 0 aliphatic carbocycles. The number of ketones is 1. The summed E-state index contributed by atoms with van der Waals surface area (Å²) in [4.78, 5) is 48.0. The zero-order valence-corrected chi connectivity index (χ0v) is 16.7. The molecule has 1 aromatic carbocycles. The number of esters is 1. The Hall–Kier alpha value is -2.76. The predicted molar refractivity (Wildman–Crippen MR) is 95.5 cm³/mol. The maximum atomic E-state index is 14.4. The van der Waals surface area contributed by atoms with Gasteiger partial charge in [-0.15, -0.1) is 0 Å². The molecule has 7 nitrogen and oxygen atoms in total. The number of carbonyl (C=O) groups excluding carboxylic acids is 2. The van der Waals surface area contributed by atoms with E-state index < -0.39 is 52.5 Å². The summed E-state index contributed by atoms with van der Waals surface area (Å²) in [5, 5.41) is 0. The van der Waals surface area contributed by atoms with Crippen molar-refractivity contribution in [1.82, 2.24) is 9.13 Å². The van der Waals surface area contributed by atoms with Crippen LogP contribution in [0.3, 0.4) is 0 Å². The quantitative estimate of drug-likeness (QED) is 0.495. The zero-order valence-electron chi connectivity index (χ0n) is 15.1. The highest BCUT2D eigenvalue weighted by Crippen LogP contribution is 2.28. The number of rotatable bonds is 4. The Morgan fingerprint density at radius 3 is 2.28 bits per heavy atom. The summed E-state index contributed by atoms with van der Waals surface area (Å²) in [6.45, 7) is 2.48. The van der Waals surface area contributed by atoms with E-state index in [1.807, 2.05) is 0 Å². The minimum atomic E-state index is -4.98. The van der Waals surface area contributed by atoms with Gasteiger partial charge >= 0.3 is 17.8 Å². The van der Waals surface area contributed by atoms with Gasteiger partial charge in [-0.25, -0.2) is 18.5 Å². The summed E-state index contributed by atoms with van der Waals surface area (Å²) in [6.07, 6.45) is -6.10. The van der Waals surface area contributed by atoms with Crippen LogP contribution >= 0.6 is 15.9 Å². The molecule has 2 rings (SSSR count). The van der Waals surface area contributed by atoms with Crippen LogP contribution < -0.4 is 11.2 Å². The number of hydrogen-bond donors (Lipinski definition) is 0. The van der Waals surface area contributed by atoms with E-state index in [0.717, 1.165) is 19.2 Å².